The lowest BCUT2D eigenvalue weighted by Crippen LogP contribution is -2.78. The van der Waals surface area contributed by atoms with Crippen molar-refractivity contribution in [1.82, 2.24) is 0 Å². The minimum absolute atomic E-state index is 0.108. The van der Waals surface area contributed by atoms with Crippen LogP contribution in [-0.4, -0.2) is 80.6 Å². The quantitative estimate of drug-likeness (QED) is 0.371. The van der Waals surface area contributed by atoms with Gasteiger partial charge in [0, 0.05) is 22.7 Å². The molecule has 4 N–H and O–H groups in total. The van der Waals surface area contributed by atoms with Crippen molar-refractivity contribution in [2.24, 2.45) is 40.4 Å². The van der Waals surface area contributed by atoms with Crippen LogP contribution in [0.3, 0.4) is 0 Å². The van der Waals surface area contributed by atoms with Crippen LogP contribution in [-0.2, 0) is 28.6 Å². The van der Waals surface area contributed by atoms with Gasteiger partial charge in [-0.1, -0.05) is 40.2 Å². The summed E-state index contributed by atoms with van der Waals surface area (Å²) in [4.78, 5) is 39.4. The Bertz CT molecular complexity index is 1090. The van der Waals surface area contributed by atoms with Crippen LogP contribution >= 0.6 is 0 Å². The number of carbonyl (C=O) groups excluding carboxylic acids is 3. The van der Waals surface area contributed by atoms with Crippen LogP contribution in [0.2, 0.25) is 0 Å². The number of aliphatic hydroxyl groups excluding tert-OH is 2. The molecule has 1 spiro atoms. The third-order valence-corrected chi connectivity index (χ3v) is 11.0. The van der Waals surface area contributed by atoms with Gasteiger partial charge in [0.2, 0.25) is 6.10 Å². The van der Waals surface area contributed by atoms with Gasteiger partial charge in [-0.2, -0.15) is 0 Å². The number of esters is 2. The standard InChI is InChI=1S/C28H40O10/c1-7-26(34,12(2)3)10-18(30)38-20-19-14(5)21(31)28(35)24-25(6)15(13(4)8-16(29)22(25)32)9-17(37-23(20)33)27(19,24)11-36-28/h8,12,14-15,17,19-22,24,31-32,34-35H,7,9-11H2,1-6H3/t14-,15-,17-,19-,20+,21-,22+,24-,25-,26-,27+,28-/m1/s1. The highest BCUT2D eigenvalue weighted by Crippen LogP contribution is 2.73. The monoisotopic (exact) mass is 536 g/mol. The van der Waals surface area contributed by atoms with E-state index in [9.17, 15) is 34.8 Å². The van der Waals surface area contributed by atoms with Crippen LogP contribution in [0.25, 0.3) is 0 Å². The highest BCUT2D eigenvalue weighted by molar-refractivity contribution is 5.96. The van der Waals surface area contributed by atoms with Gasteiger partial charge >= 0.3 is 11.9 Å². The molecule has 2 aliphatic heterocycles. The fourth-order valence-corrected chi connectivity index (χ4v) is 8.90. The summed E-state index contributed by atoms with van der Waals surface area (Å²) in [5.74, 6) is -7.37. The van der Waals surface area contributed by atoms with Crippen LogP contribution in [0.5, 0.6) is 0 Å². The second kappa shape index (κ2) is 8.57. The molecule has 4 fully saturated rings. The van der Waals surface area contributed by atoms with Crippen LogP contribution in [0.1, 0.15) is 60.8 Å². The Labute approximate surface area is 222 Å². The first-order valence-electron chi connectivity index (χ1n) is 13.7. The minimum Gasteiger partial charge on any atom is -0.459 e. The lowest BCUT2D eigenvalue weighted by molar-refractivity contribution is -0.340. The highest BCUT2D eigenvalue weighted by atomic mass is 16.7. The molecule has 10 heteroatoms. The van der Waals surface area contributed by atoms with Crippen molar-refractivity contribution in [2.45, 2.75) is 96.6 Å². The lowest BCUT2D eigenvalue weighted by Gasteiger charge is -2.68. The molecule has 10 nitrogen and oxygen atoms in total. The zero-order valence-electron chi connectivity index (χ0n) is 22.8. The maximum atomic E-state index is 13.4. The summed E-state index contributed by atoms with van der Waals surface area (Å²) in [5, 5.41) is 45.5. The smallest absolute Gasteiger partial charge is 0.348 e. The average Bonchev–Trinajstić information content (AvgIpc) is 3.13. The van der Waals surface area contributed by atoms with Gasteiger partial charge in [0.1, 0.15) is 18.3 Å². The zero-order chi connectivity index (χ0) is 28.2. The maximum Gasteiger partial charge on any atom is 0.348 e. The molecule has 38 heavy (non-hydrogen) atoms. The molecule has 5 rings (SSSR count). The molecule has 0 aromatic heterocycles. The fourth-order valence-electron chi connectivity index (χ4n) is 8.90. The summed E-state index contributed by atoms with van der Waals surface area (Å²) in [6.45, 7) is 10.4. The molecule has 2 bridgehead atoms. The summed E-state index contributed by atoms with van der Waals surface area (Å²) in [7, 11) is 0. The summed E-state index contributed by atoms with van der Waals surface area (Å²) in [6, 6.07) is 0. The molecular weight excluding hydrogens is 496 g/mol. The molecule has 0 radical (unpaired) electrons. The van der Waals surface area contributed by atoms with Crippen molar-refractivity contribution >= 4 is 17.7 Å². The summed E-state index contributed by atoms with van der Waals surface area (Å²) >= 11 is 0. The molecule has 0 aromatic carbocycles. The van der Waals surface area contributed by atoms with Crippen molar-refractivity contribution in [3.05, 3.63) is 11.6 Å². The van der Waals surface area contributed by atoms with Crippen LogP contribution < -0.4 is 0 Å². The molecule has 5 aliphatic rings. The normalized spacial score (nSPS) is 49.0. The summed E-state index contributed by atoms with van der Waals surface area (Å²) < 4.78 is 17.7. The molecule has 2 saturated carbocycles. The predicted molar refractivity (Wildman–Crippen MR) is 131 cm³/mol. The highest BCUT2D eigenvalue weighted by Gasteiger charge is 2.83. The van der Waals surface area contributed by atoms with E-state index in [4.69, 9.17) is 14.2 Å². The van der Waals surface area contributed by atoms with Crippen molar-refractivity contribution in [3.63, 3.8) is 0 Å². The lowest BCUT2D eigenvalue weighted by atomic mass is 9.38. The van der Waals surface area contributed by atoms with Gasteiger partial charge in [-0.05, 0) is 43.6 Å². The fraction of sp³-hybridized carbons (Fsp3) is 0.821. The Morgan fingerprint density at radius 2 is 1.95 bits per heavy atom. The third-order valence-electron chi connectivity index (χ3n) is 11.0. The zero-order valence-corrected chi connectivity index (χ0v) is 22.8. The van der Waals surface area contributed by atoms with Crippen molar-refractivity contribution in [3.8, 4) is 0 Å². The molecule has 0 amide bonds. The second-order valence-electron chi connectivity index (χ2n) is 12.9. The third kappa shape index (κ3) is 3.27. The van der Waals surface area contributed by atoms with E-state index in [1.165, 1.54) is 6.08 Å². The Morgan fingerprint density at radius 3 is 2.55 bits per heavy atom. The number of aliphatic hydroxyl groups is 4. The maximum absolute atomic E-state index is 13.4. The molecule has 2 saturated heterocycles. The molecule has 3 aliphatic carbocycles. The molecule has 212 valence electrons. The Kier molecular flexibility index (Phi) is 6.25. The van der Waals surface area contributed by atoms with Crippen LogP contribution in [0, 0.1) is 40.4 Å². The van der Waals surface area contributed by atoms with Gasteiger partial charge < -0.3 is 34.6 Å². The Morgan fingerprint density at radius 1 is 1.29 bits per heavy atom. The topological polar surface area (TPSA) is 160 Å². The first-order valence-corrected chi connectivity index (χ1v) is 13.7. The number of hydrogen-bond acceptors (Lipinski definition) is 10. The number of carbonyl (C=O) groups is 3. The van der Waals surface area contributed by atoms with E-state index >= 15 is 0 Å². The van der Waals surface area contributed by atoms with Crippen LogP contribution in [0.15, 0.2) is 11.6 Å². The molecule has 0 aromatic rings. The van der Waals surface area contributed by atoms with Gasteiger partial charge in [-0.3, -0.25) is 9.59 Å². The summed E-state index contributed by atoms with van der Waals surface area (Å²) in [6.07, 6.45) is -3.49. The van der Waals surface area contributed by atoms with Crippen molar-refractivity contribution in [1.29, 1.82) is 0 Å². The van der Waals surface area contributed by atoms with Gasteiger partial charge in [-0.15, -0.1) is 0 Å². The van der Waals surface area contributed by atoms with E-state index in [1.54, 1.807) is 41.5 Å². The Balaban J connectivity index is 1.60. The molecular formula is C28H40O10. The Hall–Kier alpha value is -1.85. The van der Waals surface area contributed by atoms with Gasteiger partial charge in [0.25, 0.3) is 0 Å². The number of allylic oxidation sites excluding steroid dienone is 1. The summed E-state index contributed by atoms with van der Waals surface area (Å²) in [5.41, 5.74) is -3.00. The van der Waals surface area contributed by atoms with Crippen molar-refractivity contribution < 1.29 is 49.0 Å². The first-order chi connectivity index (χ1) is 17.6. The van der Waals surface area contributed by atoms with E-state index < -0.39 is 88.0 Å². The number of rotatable bonds is 5. The number of fused-ring (bicyclic) bond motifs is 1. The first kappa shape index (κ1) is 27.7. The van der Waals surface area contributed by atoms with E-state index in [2.05, 4.69) is 0 Å². The van der Waals surface area contributed by atoms with E-state index in [-0.39, 0.29) is 25.4 Å². The number of ether oxygens (including phenoxy) is 3. The molecule has 2 heterocycles. The SMILES string of the molecule is CC[C@@](O)(CC(=O)O[C@@H]1C(=O)O[C@@H]2C[C@@H]3C(C)=CC(=O)[C@H](O)[C@]3(C)[C@H]3[C@]4(O)OC[C@]32[C@@H]1[C@@H](C)[C@H]4O)C(C)C. The molecule has 12 atom stereocenters. The predicted octanol–water partition coefficient (Wildman–Crippen LogP) is 0.875. The minimum atomic E-state index is -2.11. The average molecular weight is 537 g/mol. The second-order valence-corrected chi connectivity index (χ2v) is 12.9. The van der Waals surface area contributed by atoms with E-state index in [0.717, 1.165) is 0 Å². The van der Waals surface area contributed by atoms with E-state index in [0.29, 0.717) is 12.0 Å². The van der Waals surface area contributed by atoms with Gasteiger partial charge in [0.05, 0.1) is 18.6 Å². The molecule has 0 unspecified atom stereocenters. The van der Waals surface area contributed by atoms with Crippen LogP contribution in [0.4, 0.5) is 0 Å². The van der Waals surface area contributed by atoms with Crippen molar-refractivity contribution in [2.75, 3.05) is 6.61 Å². The largest absolute Gasteiger partial charge is 0.459 e. The number of ketones is 1. The number of hydrogen-bond donors (Lipinski definition) is 4. The van der Waals surface area contributed by atoms with Gasteiger partial charge in [0.15, 0.2) is 11.6 Å². The van der Waals surface area contributed by atoms with Gasteiger partial charge in [-0.25, -0.2) is 4.79 Å². The van der Waals surface area contributed by atoms with E-state index in [1.807, 2.05) is 0 Å².